The van der Waals surface area contributed by atoms with Crippen molar-refractivity contribution in [3.05, 3.63) is 59.9 Å². The van der Waals surface area contributed by atoms with Crippen LogP contribution in [0.4, 0.5) is 14.9 Å². The Kier molecular flexibility index (Phi) is 7.05. The zero-order chi connectivity index (χ0) is 20.6. The van der Waals surface area contributed by atoms with Crippen molar-refractivity contribution >= 4 is 17.6 Å². The molecule has 1 aliphatic heterocycles. The summed E-state index contributed by atoms with van der Waals surface area (Å²) in [6, 6.07) is 14.0. The number of urea groups is 1. The number of piperidine rings is 1. The molecule has 0 spiro atoms. The number of hydrogen-bond acceptors (Lipinski definition) is 3. The van der Waals surface area contributed by atoms with Gasteiger partial charge in [-0.3, -0.25) is 4.79 Å². The van der Waals surface area contributed by atoms with Gasteiger partial charge in [0.2, 0.25) is 5.91 Å². The average Bonchev–Trinajstić information content (AvgIpc) is 2.73. The lowest BCUT2D eigenvalue weighted by molar-refractivity contribution is -0.122. The fourth-order valence-corrected chi connectivity index (χ4v) is 3.37. The van der Waals surface area contributed by atoms with E-state index in [9.17, 15) is 14.0 Å². The molecule has 0 aromatic heterocycles. The van der Waals surface area contributed by atoms with Gasteiger partial charge in [0.1, 0.15) is 0 Å². The largest absolute Gasteiger partial charge is 0.494 e. The number of nitrogens with zero attached hydrogens (tertiary/aromatic N) is 1. The number of rotatable bonds is 6. The maximum absolute atomic E-state index is 13.7. The van der Waals surface area contributed by atoms with Crippen molar-refractivity contribution < 1.29 is 18.7 Å². The predicted octanol–water partition coefficient (Wildman–Crippen LogP) is 3.58. The molecule has 7 heteroatoms. The number of hydrogen-bond donors (Lipinski definition) is 2. The Bertz CT molecular complexity index is 836. The Morgan fingerprint density at radius 2 is 1.86 bits per heavy atom. The van der Waals surface area contributed by atoms with E-state index in [-0.39, 0.29) is 23.7 Å². The molecule has 2 aromatic rings. The number of likely N-dealkylation sites (tertiary alicyclic amines) is 1. The van der Waals surface area contributed by atoms with Crippen LogP contribution in [-0.2, 0) is 11.2 Å². The van der Waals surface area contributed by atoms with Crippen molar-refractivity contribution in [2.45, 2.75) is 31.7 Å². The molecule has 154 valence electrons. The Morgan fingerprint density at radius 1 is 1.14 bits per heavy atom. The van der Waals surface area contributed by atoms with Crippen LogP contribution in [0.2, 0.25) is 0 Å². The smallest absolute Gasteiger partial charge is 0.321 e. The van der Waals surface area contributed by atoms with Gasteiger partial charge in [0, 0.05) is 31.2 Å². The third-order valence-corrected chi connectivity index (χ3v) is 5.03. The number of halogens is 1. The number of para-hydroxylation sites is 1. The van der Waals surface area contributed by atoms with E-state index in [4.69, 9.17) is 4.74 Å². The molecule has 2 aromatic carbocycles. The number of methoxy groups -OCH3 is 1. The summed E-state index contributed by atoms with van der Waals surface area (Å²) in [6.45, 7) is 1.18. The zero-order valence-electron chi connectivity index (χ0n) is 16.5. The number of amides is 3. The summed E-state index contributed by atoms with van der Waals surface area (Å²) in [5.41, 5.74) is 1.52. The second-order valence-electron chi connectivity index (χ2n) is 7.09. The highest BCUT2D eigenvalue weighted by Crippen LogP contribution is 2.19. The summed E-state index contributed by atoms with van der Waals surface area (Å²) in [5.74, 6) is -0.291. The molecule has 0 saturated carbocycles. The van der Waals surface area contributed by atoms with Crippen LogP contribution in [0.1, 0.15) is 24.8 Å². The molecule has 0 bridgehead atoms. The highest BCUT2D eigenvalue weighted by molar-refractivity contribution is 5.89. The molecule has 3 rings (SSSR count). The Morgan fingerprint density at radius 3 is 2.52 bits per heavy atom. The number of ether oxygens (including phenoxy) is 1. The summed E-state index contributed by atoms with van der Waals surface area (Å²) in [4.78, 5) is 26.3. The highest BCUT2D eigenvalue weighted by Gasteiger charge is 2.23. The van der Waals surface area contributed by atoms with Gasteiger partial charge >= 0.3 is 6.03 Å². The van der Waals surface area contributed by atoms with Crippen molar-refractivity contribution in [2.75, 3.05) is 25.5 Å². The van der Waals surface area contributed by atoms with Crippen molar-refractivity contribution in [2.24, 2.45) is 0 Å². The molecular formula is C22H26FN3O3. The molecule has 1 saturated heterocycles. The van der Waals surface area contributed by atoms with Gasteiger partial charge in [-0.2, -0.15) is 0 Å². The first-order valence-corrected chi connectivity index (χ1v) is 9.78. The summed E-state index contributed by atoms with van der Waals surface area (Å²) >= 11 is 0. The molecule has 1 heterocycles. The number of aryl methyl sites for hydroxylation is 1. The zero-order valence-corrected chi connectivity index (χ0v) is 16.5. The van der Waals surface area contributed by atoms with Gasteiger partial charge in [-0.05, 0) is 49.1 Å². The number of carbonyl (C=O) groups excluding carboxylic acids is 2. The molecule has 0 aliphatic carbocycles. The van der Waals surface area contributed by atoms with E-state index in [1.54, 1.807) is 17.0 Å². The Hall–Kier alpha value is -3.09. The first-order valence-electron chi connectivity index (χ1n) is 9.78. The minimum atomic E-state index is -0.424. The Labute approximate surface area is 170 Å². The van der Waals surface area contributed by atoms with Crippen LogP contribution in [0.15, 0.2) is 48.5 Å². The normalized spacial score (nSPS) is 14.3. The fourth-order valence-electron chi connectivity index (χ4n) is 3.37. The van der Waals surface area contributed by atoms with Crippen molar-refractivity contribution in [1.29, 1.82) is 0 Å². The highest BCUT2D eigenvalue weighted by atomic mass is 19.1. The van der Waals surface area contributed by atoms with E-state index in [0.717, 1.165) is 11.3 Å². The number of benzene rings is 2. The summed E-state index contributed by atoms with van der Waals surface area (Å²) in [6.07, 6.45) is 2.18. The van der Waals surface area contributed by atoms with E-state index >= 15 is 0 Å². The van der Waals surface area contributed by atoms with Gasteiger partial charge in [-0.1, -0.05) is 24.3 Å². The van der Waals surface area contributed by atoms with Crippen molar-refractivity contribution in [3.63, 3.8) is 0 Å². The van der Waals surface area contributed by atoms with Gasteiger partial charge in [-0.25, -0.2) is 9.18 Å². The topological polar surface area (TPSA) is 70.7 Å². The molecule has 0 unspecified atom stereocenters. The first-order chi connectivity index (χ1) is 14.0. The molecule has 3 amide bonds. The fraction of sp³-hybridized carbons (Fsp3) is 0.364. The Balaban J connectivity index is 1.39. The van der Waals surface area contributed by atoms with Crippen LogP contribution >= 0.6 is 0 Å². The molecule has 6 nitrogen and oxygen atoms in total. The van der Waals surface area contributed by atoms with Gasteiger partial charge < -0.3 is 20.3 Å². The first kappa shape index (κ1) is 20.6. The molecule has 2 N–H and O–H groups in total. The summed E-state index contributed by atoms with van der Waals surface area (Å²) in [5, 5.41) is 5.90. The van der Waals surface area contributed by atoms with E-state index in [0.29, 0.717) is 38.8 Å². The van der Waals surface area contributed by atoms with E-state index in [2.05, 4.69) is 10.6 Å². The third-order valence-electron chi connectivity index (χ3n) is 5.03. The van der Waals surface area contributed by atoms with E-state index in [1.807, 2.05) is 30.3 Å². The minimum absolute atomic E-state index is 0.0517. The van der Waals surface area contributed by atoms with Gasteiger partial charge in [0.25, 0.3) is 0 Å². The maximum Gasteiger partial charge on any atom is 0.321 e. The standard InChI is InChI=1S/C22H26FN3O3/c1-29-20-9-7-16(15-19(20)23)8-10-21(27)24-18-11-13-26(14-12-18)22(28)25-17-5-3-2-4-6-17/h2-7,9,15,18H,8,10-14H2,1H3,(H,24,27)(H,25,28). The molecule has 1 fully saturated rings. The number of nitrogens with one attached hydrogen (secondary N) is 2. The lowest BCUT2D eigenvalue weighted by atomic mass is 10.0. The van der Waals surface area contributed by atoms with Gasteiger partial charge in [-0.15, -0.1) is 0 Å². The third kappa shape index (κ3) is 5.94. The molecular weight excluding hydrogens is 373 g/mol. The van der Waals surface area contributed by atoms with Crippen LogP contribution in [0, 0.1) is 5.82 Å². The van der Waals surface area contributed by atoms with E-state index in [1.165, 1.54) is 13.2 Å². The van der Waals surface area contributed by atoms with Crippen molar-refractivity contribution in [3.8, 4) is 5.75 Å². The predicted molar refractivity (Wildman–Crippen MR) is 109 cm³/mol. The SMILES string of the molecule is COc1ccc(CCC(=O)NC2CCN(C(=O)Nc3ccccc3)CC2)cc1F. The van der Waals surface area contributed by atoms with E-state index < -0.39 is 5.82 Å². The monoisotopic (exact) mass is 399 g/mol. The van der Waals surface area contributed by atoms with Crippen molar-refractivity contribution in [1.82, 2.24) is 10.2 Å². The summed E-state index contributed by atoms with van der Waals surface area (Å²) < 4.78 is 18.6. The molecule has 0 atom stereocenters. The van der Waals surface area contributed by atoms with Gasteiger partial charge in [0.15, 0.2) is 11.6 Å². The average molecular weight is 399 g/mol. The quantitative estimate of drug-likeness (QED) is 0.780. The minimum Gasteiger partial charge on any atom is -0.494 e. The van der Waals surface area contributed by atoms with Gasteiger partial charge in [0.05, 0.1) is 7.11 Å². The lowest BCUT2D eigenvalue weighted by Crippen LogP contribution is -2.47. The maximum atomic E-state index is 13.7. The molecule has 29 heavy (non-hydrogen) atoms. The molecule has 1 aliphatic rings. The second kappa shape index (κ2) is 9.91. The van der Waals surface area contributed by atoms with Crippen LogP contribution in [0.3, 0.4) is 0 Å². The van der Waals surface area contributed by atoms with Crippen LogP contribution in [0.25, 0.3) is 0 Å². The number of carbonyl (C=O) groups is 2. The van der Waals surface area contributed by atoms with Crippen LogP contribution in [-0.4, -0.2) is 43.1 Å². The second-order valence-corrected chi connectivity index (χ2v) is 7.09. The van der Waals surface area contributed by atoms with Crippen LogP contribution < -0.4 is 15.4 Å². The van der Waals surface area contributed by atoms with Crippen LogP contribution in [0.5, 0.6) is 5.75 Å². The summed E-state index contributed by atoms with van der Waals surface area (Å²) in [7, 11) is 1.42. The molecule has 0 radical (unpaired) electrons. The lowest BCUT2D eigenvalue weighted by Gasteiger charge is -2.32. The number of anilines is 1.